The molecule has 1 aromatic heterocycles. The third-order valence-corrected chi connectivity index (χ3v) is 7.97. The van der Waals surface area contributed by atoms with Crippen molar-refractivity contribution in [2.75, 3.05) is 19.8 Å². The number of fused-ring (bicyclic) bond motifs is 1. The van der Waals surface area contributed by atoms with Gasteiger partial charge in [-0.15, -0.1) is 0 Å². The Bertz CT molecular complexity index is 2000. The van der Waals surface area contributed by atoms with Gasteiger partial charge in [0.05, 0.1) is 5.39 Å². The van der Waals surface area contributed by atoms with Crippen molar-refractivity contribution in [1.82, 2.24) is 0 Å². The molecule has 0 fully saturated rings. The summed E-state index contributed by atoms with van der Waals surface area (Å²) in [6.45, 7) is -2.90. The van der Waals surface area contributed by atoms with Crippen LogP contribution in [0.25, 0.3) is 22.3 Å². The zero-order valence-electron chi connectivity index (χ0n) is 22.0. The van der Waals surface area contributed by atoms with Crippen LogP contribution in [-0.2, 0) is 43.7 Å². The van der Waals surface area contributed by atoms with Crippen LogP contribution in [-0.4, -0.2) is 56.5 Å². The van der Waals surface area contributed by atoms with Crippen LogP contribution in [0.4, 0.5) is 0 Å². The minimum atomic E-state index is -5.15. The molecule has 3 rings (SSSR count). The quantitative estimate of drug-likeness (QED) is 0.169. The molecule has 3 aromatic rings. The second kappa shape index (κ2) is 15.3. The van der Waals surface area contributed by atoms with E-state index >= 15 is 0 Å². The summed E-state index contributed by atoms with van der Waals surface area (Å²) in [6.07, 6.45) is 0. The minimum absolute atomic E-state index is 0.255. The van der Waals surface area contributed by atoms with E-state index in [4.69, 9.17) is 121 Å². The van der Waals surface area contributed by atoms with Gasteiger partial charge in [-0.3, -0.25) is 4.79 Å². The maximum absolute atomic E-state index is 13.5. The first-order valence-corrected chi connectivity index (χ1v) is 18.8. The van der Waals surface area contributed by atoms with Gasteiger partial charge < -0.3 is 17.0 Å². The van der Waals surface area contributed by atoms with E-state index in [1.54, 1.807) is 0 Å². The van der Waals surface area contributed by atoms with Crippen molar-refractivity contribution in [3.05, 3.63) is 52.7 Å². The number of hydrogen-bond acceptors (Lipinski definition) is 14. The highest BCUT2D eigenvalue weighted by molar-refractivity contribution is 7.82. The minimum Gasteiger partial charge on any atom is -0.452 e. The lowest BCUT2D eigenvalue weighted by Crippen LogP contribution is -2.23. The van der Waals surface area contributed by atoms with Crippen molar-refractivity contribution in [3.8, 4) is 28.6 Å². The van der Waals surface area contributed by atoms with Crippen LogP contribution in [0.5, 0.6) is 17.2 Å². The van der Waals surface area contributed by atoms with Crippen molar-refractivity contribution in [2.45, 2.75) is 11.4 Å². The molecule has 0 aliphatic rings. The van der Waals surface area contributed by atoms with Crippen molar-refractivity contribution in [1.29, 1.82) is 0 Å². The molecule has 0 aliphatic carbocycles. The van der Waals surface area contributed by atoms with Gasteiger partial charge in [0.1, 0.15) is 36.9 Å². The molecule has 0 radical (unpaired) electrons. The molecule has 0 spiro atoms. The predicted molar refractivity (Wildman–Crippen MR) is 175 cm³/mol. The standard InChI is InChI=1S/C21H13Cl9O14S3/c22-19(23,24)8-38-45(32,33)42-12-3-1-2-11(6-12)17-18(44-47(36,37)40-10-21(28,29)30)16(31)14-5-4-13(7-15(14)41-17)43-46(34,35)39-9-20(25,26)27/h1-7H,8-10H2. The lowest BCUT2D eigenvalue weighted by atomic mass is 10.1. The van der Waals surface area contributed by atoms with E-state index in [9.17, 15) is 30.0 Å². The van der Waals surface area contributed by atoms with Crippen molar-refractivity contribution < 1.29 is 54.8 Å². The monoisotopic (exact) mass is 900 g/mol. The molecule has 1 heterocycles. The Morgan fingerprint density at radius 2 is 1.04 bits per heavy atom. The van der Waals surface area contributed by atoms with Gasteiger partial charge in [0.15, 0.2) is 5.76 Å². The third kappa shape index (κ3) is 13.9. The SMILES string of the molecule is O=c1c(OS(=O)(=O)OCC(Cl)(Cl)Cl)c(-c2cccc(OS(=O)(=O)OCC(Cl)(Cl)Cl)c2)oc2cc(OS(=O)(=O)OCC(Cl)(Cl)Cl)ccc12. The molecule has 262 valence electrons. The molecule has 0 saturated carbocycles. The van der Waals surface area contributed by atoms with Crippen molar-refractivity contribution >= 4 is 147 Å². The topological polar surface area (TPSA) is 188 Å². The summed E-state index contributed by atoms with van der Waals surface area (Å²) in [5, 5.41) is -0.387. The average Bonchev–Trinajstić information content (AvgIpc) is 2.90. The second-order valence-corrected chi connectivity index (χ2v) is 19.6. The normalized spacial score (nSPS) is 13.5. The van der Waals surface area contributed by atoms with E-state index in [0.717, 1.165) is 30.3 Å². The first kappa shape index (κ1) is 40.8. The smallest absolute Gasteiger partial charge is 0.449 e. The van der Waals surface area contributed by atoms with Gasteiger partial charge in [-0.2, -0.15) is 25.3 Å². The van der Waals surface area contributed by atoms with Gasteiger partial charge in [-0.1, -0.05) is 117 Å². The predicted octanol–water partition coefficient (Wildman–Crippen LogP) is 6.49. The molecular formula is C21H13Cl9O14S3. The zero-order valence-corrected chi connectivity index (χ0v) is 31.3. The summed E-state index contributed by atoms with van der Waals surface area (Å²) < 4.78 is 101. The van der Waals surface area contributed by atoms with E-state index in [-0.39, 0.29) is 10.9 Å². The summed E-state index contributed by atoms with van der Waals surface area (Å²) in [5.74, 6) is -2.70. The molecule has 0 bridgehead atoms. The Balaban J connectivity index is 2.13. The Hall–Kier alpha value is -0.610. The van der Waals surface area contributed by atoms with Gasteiger partial charge in [-0.05, 0) is 24.3 Å². The summed E-state index contributed by atoms with van der Waals surface area (Å²) >= 11 is 49.5. The zero-order chi connectivity index (χ0) is 35.6. The van der Waals surface area contributed by atoms with Crippen molar-refractivity contribution in [2.24, 2.45) is 0 Å². The van der Waals surface area contributed by atoms with Gasteiger partial charge in [0, 0.05) is 11.6 Å². The van der Waals surface area contributed by atoms with E-state index in [1.807, 2.05) is 0 Å². The first-order valence-electron chi connectivity index (χ1n) is 11.4. The Kier molecular flexibility index (Phi) is 13.3. The van der Waals surface area contributed by atoms with Crippen LogP contribution in [0, 0.1) is 0 Å². The Labute approximate surface area is 311 Å². The molecule has 0 unspecified atom stereocenters. The van der Waals surface area contributed by atoms with Crippen LogP contribution < -0.4 is 18.0 Å². The lowest BCUT2D eigenvalue weighted by molar-refractivity contribution is 0.276. The maximum Gasteiger partial charge on any atom is 0.449 e. The second-order valence-electron chi connectivity index (χ2n) is 8.38. The molecule has 0 saturated heterocycles. The lowest BCUT2D eigenvalue weighted by Gasteiger charge is -2.15. The third-order valence-electron chi connectivity index (χ3n) is 4.60. The summed E-state index contributed by atoms with van der Waals surface area (Å²) in [5.41, 5.74) is -1.85. The highest BCUT2D eigenvalue weighted by atomic mass is 35.6. The molecule has 26 heteroatoms. The Morgan fingerprint density at radius 1 is 0.596 bits per heavy atom. The fourth-order valence-electron chi connectivity index (χ4n) is 2.99. The Morgan fingerprint density at radius 3 is 1.51 bits per heavy atom. The number of rotatable bonds is 13. The van der Waals surface area contributed by atoms with Gasteiger partial charge in [-0.25, -0.2) is 12.5 Å². The fourth-order valence-corrected chi connectivity index (χ4v) is 6.21. The molecule has 0 amide bonds. The number of hydrogen-bond donors (Lipinski definition) is 0. The highest BCUT2D eigenvalue weighted by Crippen LogP contribution is 2.36. The number of halogens is 9. The van der Waals surface area contributed by atoms with Gasteiger partial charge in [0.2, 0.25) is 22.6 Å². The van der Waals surface area contributed by atoms with E-state index < -0.39 is 96.4 Å². The van der Waals surface area contributed by atoms with Gasteiger partial charge in [0.25, 0.3) is 0 Å². The van der Waals surface area contributed by atoms with Crippen LogP contribution in [0.3, 0.4) is 0 Å². The molecule has 47 heavy (non-hydrogen) atoms. The fraction of sp³-hybridized carbons (Fsp3) is 0.286. The maximum atomic E-state index is 13.5. The molecule has 0 N–H and O–H groups in total. The average molecular weight is 905 g/mol. The van der Waals surface area contributed by atoms with Gasteiger partial charge >= 0.3 is 31.2 Å². The van der Waals surface area contributed by atoms with Crippen LogP contribution in [0.2, 0.25) is 0 Å². The summed E-state index contributed by atoms with van der Waals surface area (Å²) in [7, 11) is -14.8. The largest absolute Gasteiger partial charge is 0.452 e. The molecule has 0 atom stereocenters. The van der Waals surface area contributed by atoms with E-state index in [1.165, 1.54) is 12.1 Å². The van der Waals surface area contributed by atoms with Crippen LogP contribution in [0.15, 0.2) is 51.7 Å². The van der Waals surface area contributed by atoms with Crippen LogP contribution in [0.1, 0.15) is 0 Å². The number of benzene rings is 2. The molecule has 14 nitrogen and oxygen atoms in total. The van der Waals surface area contributed by atoms with E-state index in [0.29, 0.717) is 0 Å². The molecule has 2 aromatic carbocycles. The van der Waals surface area contributed by atoms with Crippen LogP contribution >= 0.6 is 104 Å². The summed E-state index contributed by atoms with van der Waals surface area (Å²) in [6, 6.07) is 7.26. The van der Waals surface area contributed by atoms with Crippen molar-refractivity contribution in [3.63, 3.8) is 0 Å². The van der Waals surface area contributed by atoms with E-state index in [2.05, 4.69) is 12.5 Å². The highest BCUT2D eigenvalue weighted by Gasteiger charge is 2.31. The molecular weight excluding hydrogens is 891 g/mol. The molecule has 0 aliphatic heterocycles. The number of alkyl halides is 9. The first-order chi connectivity index (χ1) is 21.2. The summed E-state index contributed by atoms with van der Waals surface area (Å²) in [4.78, 5) is 13.5.